The Kier molecular flexibility index (Phi) is 5.25. The van der Waals surface area contributed by atoms with Crippen LogP contribution in [0.2, 0.25) is 0 Å². The molecule has 3 nitrogen and oxygen atoms in total. The van der Waals surface area contributed by atoms with Gasteiger partial charge < -0.3 is 5.32 Å². The highest BCUT2D eigenvalue weighted by atomic mass is 32.2. The van der Waals surface area contributed by atoms with Gasteiger partial charge in [0.25, 0.3) is 5.91 Å². The molecule has 1 aromatic heterocycles. The lowest BCUT2D eigenvalue weighted by Gasteiger charge is -2.12. The Bertz CT molecular complexity index is 342. The zero-order valence-electron chi connectivity index (χ0n) is 9.37. The maximum absolute atomic E-state index is 12.5. The lowest BCUT2D eigenvalue weighted by Crippen LogP contribution is -2.33. The predicted octanol–water partition coefficient (Wildman–Crippen LogP) is 2.09. The van der Waals surface area contributed by atoms with Gasteiger partial charge in [0.05, 0.1) is 5.56 Å². The van der Waals surface area contributed by atoms with Gasteiger partial charge in [-0.3, -0.25) is 4.79 Å². The summed E-state index contributed by atoms with van der Waals surface area (Å²) in [6.45, 7) is 1.95. The maximum Gasteiger partial charge on any atom is 0.253 e. The number of hydrogen-bond acceptors (Lipinski definition) is 3. The van der Waals surface area contributed by atoms with Crippen molar-refractivity contribution in [3.8, 4) is 0 Å². The summed E-state index contributed by atoms with van der Waals surface area (Å²) in [7, 11) is 0. The fourth-order valence-corrected chi connectivity index (χ4v) is 1.77. The Morgan fingerprint density at radius 3 is 2.94 bits per heavy atom. The molecule has 1 aromatic rings. The molecule has 88 valence electrons. The van der Waals surface area contributed by atoms with Gasteiger partial charge in [0.15, 0.2) is 0 Å². The summed E-state index contributed by atoms with van der Waals surface area (Å²) >= 11 is 1.74. The third-order valence-corrected chi connectivity index (χ3v) is 2.77. The molecule has 0 aliphatic heterocycles. The van der Waals surface area contributed by atoms with E-state index in [0.29, 0.717) is 5.56 Å². The number of thioether (sulfide) groups is 1. The van der Waals surface area contributed by atoms with Gasteiger partial charge in [0, 0.05) is 12.2 Å². The Hall–Kier alpha value is -1.10. The number of halogens is 1. The minimum Gasteiger partial charge on any atom is -0.350 e. The molecule has 1 heterocycles. The van der Waals surface area contributed by atoms with Crippen molar-refractivity contribution in [1.82, 2.24) is 10.3 Å². The second-order valence-electron chi connectivity index (χ2n) is 3.53. The van der Waals surface area contributed by atoms with E-state index >= 15 is 0 Å². The molecule has 1 unspecified atom stereocenters. The van der Waals surface area contributed by atoms with Gasteiger partial charge in [0.2, 0.25) is 5.95 Å². The summed E-state index contributed by atoms with van der Waals surface area (Å²) in [6.07, 6.45) is 4.19. The Balaban J connectivity index is 2.48. The van der Waals surface area contributed by atoms with E-state index in [4.69, 9.17) is 0 Å². The molecule has 0 saturated heterocycles. The molecule has 0 fully saturated rings. The number of nitrogens with zero attached hydrogens (tertiary/aromatic N) is 1. The molecule has 1 rings (SSSR count). The highest BCUT2D eigenvalue weighted by Gasteiger charge is 2.09. The number of amides is 1. The average molecular weight is 242 g/mol. The first kappa shape index (κ1) is 13.0. The van der Waals surface area contributed by atoms with Crippen molar-refractivity contribution in [3.05, 3.63) is 29.8 Å². The number of rotatable bonds is 5. The first-order chi connectivity index (χ1) is 7.63. The molecule has 0 aliphatic carbocycles. The smallest absolute Gasteiger partial charge is 0.253 e. The fraction of sp³-hybridized carbons (Fsp3) is 0.455. The summed E-state index contributed by atoms with van der Waals surface area (Å²) in [4.78, 5) is 15.1. The minimum absolute atomic E-state index is 0.116. The van der Waals surface area contributed by atoms with Crippen molar-refractivity contribution in [2.45, 2.75) is 19.4 Å². The topological polar surface area (TPSA) is 42.0 Å². The van der Waals surface area contributed by atoms with Crippen LogP contribution in [0.3, 0.4) is 0 Å². The summed E-state index contributed by atoms with van der Waals surface area (Å²) in [5.41, 5.74) is 0.386. The Morgan fingerprint density at radius 2 is 2.38 bits per heavy atom. The van der Waals surface area contributed by atoms with Crippen molar-refractivity contribution >= 4 is 17.7 Å². The molecule has 1 atom stereocenters. The van der Waals surface area contributed by atoms with Gasteiger partial charge in [-0.1, -0.05) is 0 Å². The number of hydrogen-bond donors (Lipinski definition) is 1. The highest BCUT2D eigenvalue weighted by molar-refractivity contribution is 7.98. The molecule has 0 spiro atoms. The molecule has 1 amide bonds. The monoisotopic (exact) mass is 242 g/mol. The average Bonchev–Trinajstić information content (AvgIpc) is 2.27. The predicted molar refractivity (Wildman–Crippen MR) is 64.1 cm³/mol. The van der Waals surface area contributed by atoms with Crippen molar-refractivity contribution < 1.29 is 9.18 Å². The van der Waals surface area contributed by atoms with Crippen LogP contribution < -0.4 is 5.32 Å². The van der Waals surface area contributed by atoms with Crippen molar-refractivity contribution in [3.63, 3.8) is 0 Å². The first-order valence-corrected chi connectivity index (χ1v) is 6.44. The van der Waals surface area contributed by atoms with E-state index in [-0.39, 0.29) is 11.9 Å². The van der Waals surface area contributed by atoms with Crippen LogP contribution in [0.1, 0.15) is 23.7 Å². The van der Waals surface area contributed by atoms with Crippen LogP contribution in [-0.4, -0.2) is 28.9 Å². The maximum atomic E-state index is 12.5. The number of carbonyl (C=O) groups is 1. The first-order valence-electron chi connectivity index (χ1n) is 5.05. The van der Waals surface area contributed by atoms with Crippen molar-refractivity contribution in [2.24, 2.45) is 0 Å². The normalized spacial score (nSPS) is 12.2. The zero-order chi connectivity index (χ0) is 12.0. The number of aromatic nitrogens is 1. The van der Waals surface area contributed by atoms with Crippen molar-refractivity contribution in [2.75, 3.05) is 12.0 Å². The van der Waals surface area contributed by atoms with Gasteiger partial charge in [-0.05, 0) is 37.5 Å². The summed E-state index contributed by atoms with van der Waals surface area (Å²) in [5.74, 6) is 0.219. The van der Waals surface area contributed by atoms with E-state index < -0.39 is 5.95 Å². The Labute approximate surface area is 98.8 Å². The molecule has 0 aliphatic rings. The van der Waals surface area contributed by atoms with Gasteiger partial charge in [-0.15, -0.1) is 0 Å². The highest BCUT2D eigenvalue weighted by Crippen LogP contribution is 2.03. The van der Waals surface area contributed by atoms with E-state index in [1.807, 2.05) is 13.2 Å². The lowest BCUT2D eigenvalue weighted by molar-refractivity contribution is 0.0939. The molecule has 5 heteroatoms. The number of nitrogens with one attached hydrogen (secondary N) is 1. The van der Waals surface area contributed by atoms with E-state index in [2.05, 4.69) is 10.3 Å². The van der Waals surface area contributed by atoms with Gasteiger partial charge in [0.1, 0.15) is 0 Å². The molecule has 0 radical (unpaired) electrons. The van der Waals surface area contributed by atoms with Crippen molar-refractivity contribution in [1.29, 1.82) is 0 Å². The summed E-state index contributed by atoms with van der Waals surface area (Å²) in [6, 6.07) is 2.73. The van der Waals surface area contributed by atoms with E-state index in [1.54, 1.807) is 11.8 Å². The van der Waals surface area contributed by atoms with Crippen LogP contribution in [0.15, 0.2) is 18.3 Å². The third-order valence-electron chi connectivity index (χ3n) is 2.12. The number of carbonyl (C=O) groups excluding carboxylic acids is 1. The molecular weight excluding hydrogens is 227 g/mol. The number of pyridine rings is 1. The van der Waals surface area contributed by atoms with Gasteiger partial charge in [-0.2, -0.15) is 16.2 Å². The van der Waals surface area contributed by atoms with E-state index in [1.165, 1.54) is 18.3 Å². The largest absolute Gasteiger partial charge is 0.350 e. The van der Waals surface area contributed by atoms with Crippen LogP contribution in [0, 0.1) is 5.95 Å². The van der Waals surface area contributed by atoms with Crippen LogP contribution in [0.4, 0.5) is 4.39 Å². The lowest BCUT2D eigenvalue weighted by atomic mass is 10.2. The molecule has 0 saturated carbocycles. The molecule has 1 N–H and O–H groups in total. The molecule has 0 bridgehead atoms. The zero-order valence-corrected chi connectivity index (χ0v) is 10.2. The minimum atomic E-state index is -0.577. The summed E-state index contributed by atoms with van der Waals surface area (Å²) < 4.78 is 12.5. The molecule has 16 heavy (non-hydrogen) atoms. The molecule has 0 aromatic carbocycles. The SMILES string of the molecule is CSCCC(C)NC(=O)c1ccc(F)nc1. The summed E-state index contributed by atoms with van der Waals surface area (Å²) in [5, 5.41) is 2.84. The Morgan fingerprint density at radius 1 is 1.62 bits per heavy atom. The second-order valence-corrected chi connectivity index (χ2v) is 4.51. The van der Waals surface area contributed by atoms with Crippen LogP contribution in [0.5, 0.6) is 0 Å². The van der Waals surface area contributed by atoms with Gasteiger partial charge >= 0.3 is 0 Å². The standard InChI is InChI=1S/C11H15FN2OS/c1-8(5-6-16-2)14-11(15)9-3-4-10(12)13-7-9/h3-4,7-8H,5-6H2,1-2H3,(H,14,15). The third kappa shape index (κ3) is 4.18. The quantitative estimate of drug-likeness (QED) is 0.804. The van der Waals surface area contributed by atoms with Crippen LogP contribution in [-0.2, 0) is 0 Å². The fourth-order valence-electron chi connectivity index (χ4n) is 1.18. The molecular formula is C11H15FN2OS. The van der Waals surface area contributed by atoms with Gasteiger partial charge in [-0.25, -0.2) is 4.98 Å². The van der Waals surface area contributed by atoms with Crippen LogP contribution in [0.25, 0.3) is 0 Å². The second kappa shape index (κ2) is 6.48. The van der Waals surface area contributed by atoms with E-state index in [9.17, 15) is 9.18 Å². The van der Waals surface area contributed by atoms with Crippen LogP contribution >= 0.6 is 11.8 Å². The van der Waals surface area contributed by atoms with E-state index in [0.717, 1.165) is 12.2 Å².